The van der Waals surface area contributed by atoms with E-state index in [1.165, 1.54) is 0 Å². The van der Waals surface area contributed by atoms with E-state index < -0.39 is 0 Å². The number of carbonyl (C=O) groups is 1. The number of hydrogen-bond donors (Lipinski definition) is 1. The Kier molecular flexibility index (Phi) is 5.05. The Morgan fingerprint density at radius 2 is 1.96 bits per heavy atom. The maximum atomic E-state index is 12.9. The van der Waals surface area contributed by atoms with Crippen LogP contribution in [-0.2, 0) is 0 Å². The minimum Gasteiger partial charge on any atom is -0.497 e. The lowest BCUT2D eigenvalue weighted by Crippen LogP contribution is -2.32. The molecule has 0 atom stereocenters. The lowest BCUT2D eigenvalue weighted by atomic mass is 10.0. The van der Waals surface area contributed by atoms with Gasteiger partial charge in [-0.1, -0.05) is 30.3 Å². The van der Waals surface area contributed by atoms with E-state index in [1.54, 1.807) is 19.1 Å². The summed E-state index contributed by atoms with van der Waals surface area (Å²) in [6.07, 6.45) is 0. The normalized spacial score (nSPS) is 10.8. The van der Waals surface area contributed by atoms with Crippen LogP contribution in [0.25, 0.3) is 22.1 Å². The Balaban J connectivity index is 2.14. The van der Waals surface area contributed by atoms with Crippen molar-refractivity contribution in [3.8, 4) is 16.9 Å². The van der Waals surface area contributed by atoms with E-state index in [9.17, 15) is 4.79 Å². The first-order valence-corrected chi connectivity index (χ1v) is 8.21. The van der Waals surface area contributed by atoms with Crippen LogP contribution in [0.4, 0.5) is 0 Å². The van der Waals surface area contributed by atoms with Gasteiger partial charge >= 0.3 is 0 Å². The van der Waals surface area contributed by atoms with Crippen LogP contribution in [-0.4, -0.2) is 45.1 Å². The fourth-order valence-corrected chi connectivity index (χ4v) is 2.80. The van der Waals surface area contributed by atoms with Gasteiger partial charge in [-0.05, 0) is 24.7 Å². The van der Waals surface area contributed by atoms with Gasteiger partial charge in [0.05, 0.1) is 7.11 Å². The first kappa shape index (κ1) is 17.0. The van der Waals surface area contributed by atoms with Crippen LogP contribution >= 0.6 is 0 Å². The van der Waals surface area contributed by atoms with Crippen LogP contribution in [0.15, 0.2) is 52.9 Å². The first-order chi connectivity index (χ1) is 12.2. The number of likely N-dealkylation sites (N-methyl/N-ethyl adjacent to an activating group) is 2. The van der Waals surface area contributed by atoms with Gasteiger partial charge in [-0.2, -0.15) is 0 Å². The lowest BCUT2D eigenvalue weighted by Gasteiger charge is -2.16. The molecule has 0 aliphatic rings. The van der Waals surface area contributed by atoms with Gasteiger partial charge < -0.3 is 19.4 Å². The molecule has 0 aliphatic carbocycles. The van der Waals surface area contributed by atoms with E-state index in [-0.39, 0.29) is 5.91 Å². The topological polar surface area (TPSA) is 54.7 Å². The third-order valence-corrected chi connectivity index (χ3v) is 4.20. The number of hydrogen-bond acceptors (Lipinski definition) is 4. The monoisotopic (exact) mass is 338 g/mol. The minimum absolute atomic E-state index is 0.135. The Labute approximate surface area is 147 Å². The van der Waals surface area contributed by atoms with Gasteiger partial charge in [-0.3, -0.25) is 4.79 Å². The second kappa shape index (κ2) is 7.40. The summed E-state index contributed by atoms with van der Waals surface area (Å²) in [7, 11) is 5.25. The SMILES string of the molecule is CNCCN(C)C(=O)c1oc2cc(OC)ccc2c1-c1ccccc1. The highest BCUT2D eigenvalue weighted by atomic mass is 16.5. The predicted octanol–water partition coefficient (Wildman–Crippen LogP) is 3.40. The molecule has 0 saturated carbocycles. The molecular formula is C20H22N2O3. The number of nitrogens with zero attached hydrogens (tertiary/aromatic N) is 1. The Morgan fingerprint density at radius 1 is 1.20 bits per heavy atom. The summed E-state index contributed by atoms with van der Waals surface area (Å²) < 4.78 is 11.2. The molecule has 5 heteroatoms. The van der Waals surface area contributed by atoms with Gasteiger partial charge in [0.1, 0.15) is 11.3 Å². The highest BCUT2D eigenvalue weighted by Crippen LogP contribution is 2.37. The number of methoxy groups -OCH3 is 1. The van der Waals surface area contributed by atoms with Crippen molar-refractivity contribution in [1.82, 2.24) is 10.2 Å². The largest absolute Gasteiger partial charge is 0.497 e. The molecule has 1 N–H and O–H groups in total. The quantitative estimate of drug-likeness (QED) is 0.748. The molecule has 0 spiro atoms. The van der Waals surface area contributed by atoms with Gasteiger partial charge in [-0.25, -0.2) is 0 Å². The fraction of sp³-hybridized carbons (Fsp3) is 0.250. The zero-order valence-electron chi connectivity index (χ0n) is 14.7. The van der Waals surface area contributed by atoms with Crippen molar-refractivity contribution in [3.63, 3.8) is 0 Å². The van der Waals surface area contributed by atoms with Crippen molar-refractivity contribution >= 4 is 16.9 Å². The Morgan fingerprint density at radius 3 is 2.64 bits per heavy atom. The summed E-state index contributed by atoms with van der Waals surface area (Å²) in [5.41, 5.74) is 2.42. The van der Waals surface area contributed by atoms with Crippen LogP contribution in [0, 0.1) is 0 Å². The number of amides is 1. The maximum Gasteiger partial charge on any atom is 0.290 e. The summed E-state index contributed by atoms with van der Waals surface area (Å²) in [6.45, 7) is 1.32. The van der Waals surface area contributed by atoms with Crippen molar-refractivity contribution in [1.29, 1.82) is 0 Å². The molecule has 1 heterocycles. The van der Waals surface area contributed by atoms with Crippen LogP contribution in [0.5, 0.6) is 5.75 Å². The molecule has 5 nitrogen and oxygen atoms in total. The second-order valence-corrected chi connectivity index (χ2v) is 5.86. The molecule has 130 valence electrons. The number of nitrogens with one attached hydrogen (secondary N) is 1. The number of benzene rings is 2. The molecule has 0 bridgehead atoms. The lowest BCUT2D eigenvalue weighted by molar-refractivity contribution is 0.0769. The fourth-order valence-electron chi connectivity index (χ4n) is 2.80. The van der Waals surface area contributed by atoms with Gasteiger partial charge in [0, 0.05) is 37.2 Å². The summed E-state index contributed by atoms with van der Waals surface area (Å²) in [5.74, 6) is 0.917. The van der Waals surface area contributed by atoms with E-state index in [2.05, 4.69) is 5.32 Å². The molecule has 0 radical (unpaired) electrons. The summed E-state index contributed by atoms with van der Waals surface area (Å²) in [5, 5.41) is 3.95. The predicted molar refractivity (Wildman–Crippen MR) is 99.1 cm³/mol. The molecule has 0 saturated heterocycles. The van der Waals surface area contributed by atoms with Crippen LogP contribution < -0.4 is 10.1 Å². The van der Waals surface area contributed by atoms with Crippen molar-refractivity contribution < 1.29 is 13.9 Å². The molecule has 0 unspecified atom stereocenters. The number of furan rings is 1. The third-order valence-electron chi connectivity index (χ3n) is 4.20. The molecular weight excluding hydrogens is 316 g/mol. The van der Waals surface area contributed by atoms with Gasteiger partial charge in [0.2, 0.25) is 5.76 Å². The van der Waals surface area contributed by atoms with E-state index in [0.29, 0.717) is 23.6 Å². The Bertz CT molecular complexity index is 871. The third kappa shape index (κ3) is 3.37. The number of ether oxygens (including phenoxy) is 1. The average Bonchev–Trinajstić information content (AvgIpc) is 3.04. The minimum atomic E-state index is -0.135. The van der Waals surface area contributed by atoms with E-state index in [0.717, 1.165) is 23.1 Å². The van der Waals surface area contributed by atoms with Crippen molar-refractivity contribution in [3.05, 3.63) is 54.3 Å². The molecule has 0 aliphatic heterocycles. The molecule has 25 heavy (non-hydrogen) atoms. The molecule has 2 aromatic carbocycles. The molecule has 3 rings (SSSR count). The molecule has 0 fully saturated rings. The zero-order valence-corrected chi connectivity index (χ0v) is 14.7. The highest BCUT2D eigenvalue weighted by Gasteiger charge is 2.24. The first-order valence-electron chi connectivity index (χ1n) is 8.21. The summed E-state index contributed by atoms with van der Waals surface area (Å²) in [4.78, 5) is 14.6. The van der Waals surface area contributed by atoms with E-state index in [4.69, 9.17) is 9.15 Å². The molecule has 3 aromatic rings. The van der Waals surface area contributed by atoms with Crippen LogP contribution in [0.1, 0.15) is 10.6 Å². The van der Waals surface area contributed by atoms with Crippen molar-refractivity contribution in [2.75, 3.05) is 34.3 Å². The second-order valence-electron chi connectivity index (χ2n) is 5.86. The van der Waals surface area contributed by atoms with E-state index >= 15 is 0 Å². The zero-order chi connectivity index (χ0) is 17.8. The van der Waals surface area contributed by atoms with Gasteiger partial charge in [-0.15, -0.1) is 0 Å². The Hall–Kier alpha value is -2.79. The molecule has 1 amide bonds. The van der Waals surface area contributed by atoms with Crippen molar-refractivity contribution in [2.45, 2.75) is 0 Å². The summed E-state index contributed by atoms with van der Waals surface area (Å²) >= 11 is 0. The van der Waals surface area contributed by atoms with Gasteiger partial charge in [0.15, 0.2) is 0 Å². The highest BCUT2D eigenvalue weighted by molar-refractivity contribution is 6.08. The number of fused-ring (bicyclic) bond motifs is 1. The van der Waals surface area contributed by atoms with Crippen molar-refractivity contribution in [2.24, 2.45) is 0 Å². The van der Waals surface area contributed by atoms with Crippen LogP contribution in [0.2, 0.25) is 0 Å². The average molecular weight is 338 g/mol. The summed E-state index contributed by atoms with van der Waals surface area (Å²) in [6, 6.07) is 15.5. The maximum absolute atomic E-state index is 12.9. The van der Waals surface area contributed by atoms with Crippen LogP contribution in [0.3, 0.4) is 0 Å². The smallest absolute Gasteiger partial charge is 0.290 e. The van der Waals surface area contributed by atoms with Gasteiger partial charge in [0.25, 0.3) is 5.91 Å². The standard InChI is InChI=1S/C20H22N2O3/c1-21-11-12-22(2)20(23)19-18(14-7-5-4-6-8-14)16-10-9-15(24-3)13-17(16)25-19/h4-10,13,21H,11-12H2,1-3H3. The number of rotatable bonds is 6. The van der Waals surface area contributed by atoms with E-state index in [1.807, 2.05) is 55.6 Å². The number of carbonyl (C=O) groups excluding carboxylic acids is 1. The molecule has 1 aromatic heterocycles.